The van der Waals surface area contributed by atoms with Crippen LogP contribution in [0.2, 0.25) is 0 Å². The van der Waals surface area contributed by atoms with Crippen LogP contribution in [-0.4, -0.2) is 39.4 Å². The van der Waals surface area contributed by atoms with Crippen LogP contribution in [-0.2, 0) is 11.8 Å². The average molecular weight is 471 g/mol. The molecule has 2 heterocycles. The average Bonchev–Trinajstić information content (AvgIpc) is 3.32. The van der Waals surface area contributed by atoms with E-state index in [1.54, 1.807) is 18.3 Å². The summed E-state index contributed by atoms with van der Waals surface area (Å²) in [6.07, 6.45) is 4.66. The lowest BCUT2D eigenvalue weighted by Gasteiger charge is -2.32. The minimum absolute atomic E-state index is 0.00198. The monoisotopic (exact) mass is 470 g/mol. The van der Waals surface area contributed by atoms with Gasteiger partial charge in [-0.1, -0.05) is 48.5 Å². The SMILES string of the molecule is Cn1ccnc1C(NC(=O)C1CCN(C(=O)c2cccc3ccccc23)CC1)c1ccc(F)cc1. The van der Waals surface area contributed by atoms with Gasteiger partial charge in [0.1, 0.15) is 17.7 Å². The van der Waals surface area contributed by atoms with Gasteiger partial charge in [-0.25, -0.2) is 9.37 Å². The third-order valence-corrected chi connectivity index (χ3v) is 6.78. The molecule has 1 unspecified atom stereocenters. The van der Waals surface area contributed by atoms with Crippen LogP contribution < -0.4 is 5.32 Å². The van der Waals surface area contributed by atoms with Crippen molar-refractivity contribution >= 4 is 22.6 Å². The molecule has 6 nitrogen and oxygen atoms in total. The van der Waals surface area contributed by atoms with Crippen LogP contribution in [0.4, 0.5) is 4.39 Å². The van der Waals surface area contributed by atoms with Crippen LogP contribution in [0.15, 0.2) is 79.1 Å². The molecule has 2 amide bonds. The molecule has 1 N–H and O–H groups in total. The number of halogens is 1. The first kappa shape index (κ1) is 22.8. The van der Waals surface area contributed by atoms with Crippen molar-refractivity contribution in [3.05, 3.63) is 102 Å². The highest BCUT2D eigenvalue weighted by atomic mass is 19.1. The van der Waals surface area contributed by atoms with Gasteiger partial charge in [0.25, 0.3) is 5.91 Å². The van der Waals surface area contributed by atoms with Gasteiger partial charge in [-0.2, -0.15) is 0 Å². The molecule has 1 aliphatic heterocycles. The Bertz CT molecular complexity index is 1350. The molecule has 7 heteroatoms. The summed E-state index contributed by atoms with van der Waals surface area (Å²) in [6, 6.07) is 19.3. The number of hydrogen-bond acceptors (Lipinski definition) is 3. The first-order valence-electron chi connectivity index (χ1n) is 11.8. The summed E-state index contributed by atoms with van der Waals surface area (Å²) >= 11 is 0. The number of aryl methyl sites for hydroxylation is 1. The Morgan fingerprint density at radius 2 is 1.71 bits per heavy atom. The summed E-state index contributed by atoms with van der Waals surface area (Å²) in [7, 11) is 1.86. The highest BCUT2D eigenvalue weighted by molar-refractivity contribution is 6.07. The lowest BCUT2D eigenvalue weighted by Crippen LogP contribution is -2.44. The van der Waals surface area contributed by atoms with Crippen molar-refractivity contribution in [3.8, 4) is 0 Å². The van der Waals surface area contributed by atoms with Crippen LogP contribution in [0.3, 0.4) is 0 Å². The fourth-order valence-corrected chi connectivity index (χ4v) is 4.79. The molecule has 1 atom stereocenters. The molecule has 178 valence electrons. The zero-order valence-electron chi connectivity index (χ0n) is 19.5. The number of fused-ring (bicyclic) bond motifs is 1. The maximum Gasteiger partial charge on any atom is 0.254 e. The summed E-state index contributed by atoms with van der Waals surface area (Å²) < 4.78 is 15.3. The van der Waals surface area contributed by atoms with Crippen LogP contribution >= 0.6 is 0 Å². The second kappa shape index (κ2) is 9.70. The Morgan fingerprint density at radius 1 is 1.00 bits per heavy atom. The zero-order chi connectivity index (χ0) is 24.4. The Balaban J connectivity index is 1.28. The Hall–Kier alpha value is -4.00. The normalized spacial score (nSPS) is 15.2. The molecule has 1 saturated heterocycles. The third kappa shape index (κ3) is 4.67. The van der Waals surface area contributed by atoms with Gasteiger partial charge in [0.15, 0.2) is 0 Å². The number of likely N-dealkylation sites (tertiary alicyclic amines) is 1. The largest absolute Gasteiger partial charge is 0.342 e. The van der Waals surface area contributed by atoms with Gasteiger partial charge in [-0.3, -0.25) is 9.59 Å². The van der Waals surface area contributed by atoms with Gasteiger partial charge in [-0.15, -0.1) is 0 Å². The molecule has 1 aromatic heterocycles. The number of hydrogen-bond donors (Lipinski definition) is 1. The molecule has 0 saturated carbocycles. The van der Waals surface area contributed by atoms with Crippen LogP contribution in [0.1, 0.15) is 40.6 Å². The Morgan fingerprint density at radius 3 is 2.43 bits per heavy atom. The molecule has 1 aliphatic rings. The highest BCUT2D eigenvalue weighted by Gasteiger charge is 2.31. The van der Waals surface area contributed by atoms with E-state index in [0.29, 0.717) is 37.3 Å². The standard InChI is InChI=1S/C28H27FN4O2/c1-32-18-15-30-26(32)25(20-9-11-22(29)12-10-20)31-27(34)21-13-16-33(17-14-21)28(35)24-8-4-6-19-5-2-3-7-23(19)24/h2-12,15,18,21,25H,13-14,16-17H2,1H3,(H,31,34). The third-order valence-electron chi connectivity index (χ3n) is 6.78. The molecular formula is C28H27FN4O2. The van der Waals surface area contributed by atoms with Crippen molar-refractivity contribution in [1.82, 2.24) is 19.8 Å². The van der Waals surface area contributed by atoms with Gasteiger partial charge in [-0.05, 0) is 47.4 Å². The molecule has 35 heavy (non-hydrogen) atoms. The number of amides is 2. The molecule has 5 rings (SSSR count). The highest BCUT2D eigenvalue weighted by Crippen LogP contribution is 2.26. The maximum absolute atomic E-state index is 13.5. The quantitative estimate of drug-likeness (QED) is 0.468. The predicted octanol–water partition coefficient (Wildman–Crippen LogP) is 4.47. The zero-order valence-corrected chi connectivity index (χ0v) is 19.5. The summed E-state index contributed by atoms with van der Waals surface area (Å²) in [5.41, 5.74) is 1.45. The number of carbonyl (C=O) groups excluding carboxylic acids is 2. The summed E-state index contributed by atoms with van der Waals surface area (Å²) in [5, 5.41) is 5.10. The van der Waals surface area contributed by atoms with Crippen LogP contribution in [0.25, 0.3) is 10.8 Å². The van der Waals surface area contributed by atoms with Gasteiger partial charge < -0.3 is 14.8 Å². The van der Waals surface area contributed by atoms with Crippen LogP contribution in [0.5, 0.6) is 0 Å². The summed E-state index contributed by atoms with van der Waals surface area (Å²) in [5.74, 6) is 0.0441. The minimum Gasteiger partial charge on any atom is -0.342 e. The molecular weight excluding hydrogens is 443 g/mol. The van der Waals surface area contributed by atoms with E-state index in [2.05, 4.69) is 10.3 Å². The number of aromatic nitrogens is 2. The van der Waals surface area contributed by atoms with Crippen LogP contribution in [0, 0.1) is 11.7 Å². The van der Waals surface area contributed by atoms with Crippen molar-refractivity contribution in [2.75, 3.05) is 13.1 Å². The molecule has 1 fully saturated rings. The molecule has 0 spiro atoms. The minimum atomic E-state index is -0.488. The lowest BCUT2D eigenvalue weighted by molar-refractivity contribution is -0.126. The Labute approximate surface area is 203 Å². The lowest BCUT2D eigenvalue weighted by atomic mass is 9.94. The second-order valence-corrected chi connectivity index (χ2v) is 8.98. The van der Waals surface area contributed by atoms with E-state index >= 15 is 0 Å². The van der Waals surface area contributed by atoms with E-state index in [-0.39, 0.29) is 23.5 Å². The van der Waals surface area contributed by atoms with E-state index in [1.807, 2.05) is 65.2 Å². The topological polar surface area (TPSA) is 67.2 Å². The van der Waals surface area contributed by atoms with E-state index < -0.39 is 6.04 Å². The molecule has 4 aromatic rings. The van der Waals surface area contributed by atoms with Crippen molar-refractivity contribution in [3.63, 3.8) is 0 Å². The van der Waals surface area contributed by atoms with E-state index in [0.717, 1.165) is 16.3 Å². The molecule has 0 bridgehead atoms. The van der Waals surface area contributed by atoms with Gasteiger partial charge in [0.05, 0.1) is 0 Å². The van der Waals surface area contributed by atoms with Crippen molar-refractivity contribution in [2.45, 2.75) is 18.9 Å². The number of piperidine rings is 1. The van der Waals surface area contributed by atoms with Gasteiger partial charge >= 0.3 is 0 Å². The van der Waals surface area contributed by atoms with Crippen molar-refractivity contribution in [2.24, 2.45) is 13.0 Å². The van der Waals surface area contributed by atoms with E-state index in [4.69, 9.17) is 0 Å². The smallest absolute Gasteiger partial charge is 0.254 e. The first-order chi connectivity index (χ1) is 17.0. The molecule has 0 radical (unpaired) electrons. The Kier molecular flexibility index (Phi) is 6.31. The maximum atomic E-state index is 13.5. The molecule has 0 aliphatic carbocycles. The first-order valence-corrected chi connectivity index (χ1v) is 11.8. The van der Waals surface area contributed by atoms with E-state index in [1.165, 1.54) is 12.1 Å². The number of nitrogens with zero attached hydrogens (tertiary/aromatic N) is 3. The van der Waals surface area contributed by atoms with Crippen molar-refractivity contribution in [1.29, 1.82) is 0 Å². The number of imidazole rings is 1. The van der Waals surface area contributed by atoms with E-state index in [9.17, 15) is 14.0 Å². The van der Waals surface area contributed by atoms with Gasteiger partial charge in [0, 0.05) is 44.0 Å². The van der Waals surface area contributed by atoms with Crippen molar-refractivity contribution < 1.29 is 14.0 Å². The number of nitrogens with one attached hydrogen (secondary N) is 1. The predicted molar refractivity (Wildman–Crippen MR) is 132 cm³/mol. The number of rotatable bonds is 5. The number of benzene rings is 3. The van der Waals surface area contributed by atoms with Gasteiger partial charge in [0.2, 0.25) is 5.91 Å². The number of carbonyl (C=O) groups is 2. The summed E-state index contributed by atoms with van der Waals surface area (Å²) in [4.78, 5) is 32.8. The molecule has 3 aromatic carbocycles. The summed E-state index contributed by atoms with van der Waals surface area (Å²) in [6.45, 7) is 1.04. The fourth-order valence-electron chi connectivity index (χ4n) is 4.79. The fraction of sp³-hybridized carbons (Fsp3) is 0.250. The second-order valence-electron chi connectivity index (χ2n) is 8.98.